The number of hydrogen-bond acceptors (Lipinski definition) is 2. The Hall–Kier alpha value is -1.92. The van der Waals surface area contributed by atoms with Crippen LogP contribution in [0.15, 0.2) is 48.3 Å². The molecule has 0 bridgehead atoms. The Morgan fingerprint density at radius 3 is 2.48 bits per heavy atom. The number of benzene rings is 1. The quantitative estimate of drug-likeness (QED) is 0.530. The summed E-state index contributed by atoms with van der Waals surface area (Å²) in [4.78, 5) is 0. The maximum Gasteiger partial charge on any atom is 0.199 e. The summed E-state index contributed by atoms with van der Waals surface area (Å²) in [6, 6.07) is 10.1. The first-order valence-corrected chi connectivity index (χ1v) is 8.34. The molecule has 2 rings (SSSR count). The van der Waals surface area contributed by atoms with Gasteiger partial charge in [-0.3, -0.25) is 0 Å². The SMILES string of the molecule is CCc1ccc(CO[C@H]2CC[C@H](/C=C/C=C(\F)C#N)CC2)cc1. The van der Waals surface area contributed by atoms with E-state index in [0.29, 0.717) is 18.6 Å². The first kappa shape index (κ1) is 17.4. The Labute approximate surface area is 138 Å². The van der Waals surface area contributed by atoms with E-state index in [2.05, 4.69) is 31.2 Å². The molecule has 1 aromatic carbocycles. The van der Waals surface area contributed by atoms with Crippen molar-refractivity contribution >= 4 is 0 Å². The molecule has 0 heterocycles. The fourth-order valence-electron chi connectivity index (χ4n) is 2.87. The molecule has 0 saturated heterocycles. The maximum atomic E-state index is 12.7. The highest BCUT2D eigenvalue weighted by molar-refractivity contribution is 5.22. The lowest BCUT2D eigenvalue weighted by atomic mass is 9.87. The van der Waals surface area contributed by atoms with Gasteiger partial charge in [-0.05, 0) is 55.2 Å². The molecule has 0 amide bonds. The third-order valence-corrected chi connectivity index (χ3v) is 4.37. The van der Waals surface area contributed by atoms with Crippen molar-refractivity contribution in [1.82, 2.24) is 0 Å². The van der Waals surface area contributed by atoms with Gasteiger partial charge in [-0.1, -0.05) is 43.3 Å². The van der Waals surface area contributed by atoms with E-state index in [1.165, 1.54) is 23.3 Å². The summed E-state index contributed by atoms with van der Waals surface area (Å²) in [5, 5.41) is 8.35. The molecule has 0 aromatic heterocycles. The molecule has 2 nitrogen and oxygen atoms in total. The fraction of sp³-hybridized carbons (Fsp3) is 0.450. The van der Waals surface area contributed by atoms with Crippen LogP contribution < -0.4 is 0 Å². The molecule has 122 valence electrons. The van der Waals surface area contributed by atoms with Gasteiger partial charge in [0.1, 0.15) is 6.07 Å². The van der Waals surface area contributed by atoms with Crippen molar-refractivity contribution in [2.45, 2.75) is 51.7 Å². The number of nitriles is 1. The number of ether oxygens (including phenoxy) is 1. The van der Waals surface area contributed by atoms with Gasteiger partial charge in [0.15, 0.2) is 5.83 Å². The van der Waals surface area contributed by atoms with Gasteiger partial charge in [0.2, 0.25) is 0 Å². The van der Waals surface area contributed by atoms with Crippen LogP contribution in [0.5, 0.6) is 0 Å². The van der Waals surface area contributed by atoms with Gasteiger partial charge in [-0.25, -0.2) is 0 Å². The lowest BCUT2D eigenvalue weighted by Gasteiger charge is -2.26. The van der Waals surface area contributed by atoms with Crippen LogP contribution in [-0.2, 0) is 17.8 Å². The summed E-state index contributed by atoms with van der Waals surface area (Å²) in [7, 11) is 0. The smallest absolute Gasteiger partial charge is 0.199 e. The first-order valence-electron chi connectivity index (χ1n) is 8.34. The standard InChI is InChI=1S/C20H24FNO/c1-2-16-6-8-18(9-7-16)15-23-20-12-10-17(11-13-20)4-3-5-19(21)14-22/h3-9,17,20H,2,10-13,15H2,1H3/b4-3+,19-5-/t17-,20-. The lowest BCUT2D eigenvalue weighted by Crippen LogP contribution is -2.20. The highest BCUT2D eigenvalue weighted by Crippen LogP contribution is 2.27. The maximum absolute atomic E-state index is 12.7. The molecule has 0 radical (unpaired) electrons. The van der Waals surface area contributed by atoms with Gasteiger partial charge in [-0.2, -0.15) is 9.65 Å². The minimum Gasteiger partial charge on any atom is -0.374 e. The van der Waals surface area contributed by atoms with E-state index in [1.807, 2.05) is 6.08 Å². The predicted molar refractivity (Wildman–Crippen MR) is 90.3 cm³/mol. The summed E-state index contributed by atoms with van der Waals surface area (Å²) in [5.41, 5.74) is 2.57. The van der Waals surface area contributed by atoms with E-state index < -0.39 is 5.83 Å². The Morgan fingerprint density at radius 2 is 1.87 bits per heavy atom. The van der Waals surface area contributed by atoms with Gasteiger partial charge >= 0.3 is 0 Å². The van der Waals surface area contributed by atoms with Crippen LogP contribution in [-0.4, -0.2) is 6.10 Å². The Kier molecular flexibility index (Phi) is 7.03. The van der Waals surface area contributed by atoms with E-state index in [4.69, 9.17) is 10.00 Å². The monoisotopic (exact) mass is 313 g/mol. The molecule has 0 spiro atoms. The second-order valence-corrected chi connectivity index (χ2v) is 6.03. The summed E-state index contributed by atoms with van der Waals surface area (Å²) in [6.07, 6.45) is 10.4. The number of rotatable bonds is 6. The molecule has 1 aliphatic carbocycles. The van der Waals surface area contributed by atoms with Gasteiger partial charge in [0.25, 0.3) is 0 Å². The van der Waals surface area contributed by atoms with E-state index in [9.17, 15) is 4.39 Å². The van der Waals surface area contributed by atoms with Crippen molar-refractivity contribution < 1.29 is 9.13 Å². The Balaban J connectivity index is 1.71. The van der Waals surface area contributed by atoms with E-state index in [1.54, 1.807) is 6.08 Å². The minimum absolute atomic E-state index is 0.317. The molecule has 3 heteroatoms. The second kappa shape index (κ2) is 9.27. The fourth-order valence-corrected chi connectivity index (χ4v) is 2.87. The van der Waals surface area contributed by atoms with Crippen LogP contribution in [0.4, 0.5) is 4.39 Å². The number of allylic oxidation sites excluding steroid dienone is 4. The van der Waals surface area contributed by atoms with Crippen molar-refractivity contribution in [2.24, 2.45) is 5.92 Å². The number of aryl methyl sites for hydroxylation is 1. The van der Waals surface area contributed by atoms with Gasteiger partial charge in [0, 0.05) is 0 Å². The zero-order valence-corrected chi connectivity index (χ0v) is 13.7. The third-order valence-electron chi connectivity index (χ3n) is 4.37. The van der Waals surface area contributed by atoms with Crippen LogP contribution >= 0.6 is 0 Å². The molecular weight excluding hydrogens is 289 g/mol. The second-order valence-electron chi connectivity index (χ2n) is 6.03. The Morgan fingerprint density at radius 1 is 1.22 bits per heavy atom. The third kappa shape index (κ3) is 6.00. The van der Waals surface area contributed by atoms with Crippen molar-refractivity contribution in [3.63, 3.8) is 0 Å². The van der Waals surface area contributed by atoms with Crippen molar-refractivity contribution in [3.05, 3.63) is 59.4 Å². The van der Waals surface area contributed by atoms with Crippen LogP contribution in [0.3, 0.4) is 0 Å². The van der Waals surface area contributed by atoms with Crippen molar-refractivity contribution in [3.8, 4) is 6.07 Å². The topological polar surface area (TPSA) is 33.0 Å². The average molecular weight is 313 g/mol. The van der Waals surface area contributed by atoms with Gasteiger partial charge < -0.3 is 4.74 Å². The lowest BCUT2D eigenvalue weighted by molar-refractivity contribution is 0.0110. The largest absolute Gasteiger partial charge is 0.374 e. The summed E-state index contributed by atoms with van der Waals surface area (Å²) in [5.74, 6) is -0.284. The zero-order chi connectivity index (χ0) is 16.5. The van der Waals surface area contributed by atoms with Crippen LogP contribution in [0.25, 0.3) is 0 Å². The van der Waals surface area contributed by atoms with E-state index >= 15 is 0 Å². The molecule has 0 unspecified atom stereocenters. The van der Waals surface area contributed by atoms with Crippen LogP contribution in [0.2, 0.25) is 0 Å². The summed E-state index contributed by atoms with van der Waals surface area (Å²) < 4.78 is 18.7. The Bertz CT molecular complexity index is 575. The van der Waals surface area contributed by atoms with E-state index in [-0.39, 0.29) is 0 Å². The van der Waals surface area contributed by atoms with Gasteiger partial charge in [-0.15, -0.1) is 0 Å². The highest BCUT2D eigenvalue weighted by Gasteiger charge is 2.19. The first-order chi connectivity index (χ1) is 11.2. The normalized spacial score (nSPS) is 22.2. The minimum atomic E-state index is -0.743. The van der Waals surface area contributed by atoms with Crippen molar-refractivity contribution in [1.29, 1.82) is 5.26 Å². The van der Waals surface area contributed by atoms with Crippen LogP contribution in [0.1, 0.15) is 43.7 Å². The molecule has 23 heavy (non-hydrogen) atoms. The highest BCUT2D eigenvalue weighted by atomic mass is 19.1. The summed E-state index contributed by atoms with van der Waals surface area (Å²) in [6.45, 7) is 2.83. The number of hydrogen-bond donors (Lipinski definition) is 0. The van der Waals surface area contributed by atoms with Gasteiger partial charge in [0.05, 0.1) is 12.7 Å². The molecule has 0 aliphatic heterocycles. The number of halogens is 1. The average Bonchev–Trinajstić information content (AvgIpc) is 2.61. The molecule has 1 aliphatic rings. The molecule has 0 N–H and O–H groups in total. The zero-order valence-electron chi connectivity index (χ0n) is 13.7. The van der Waals surface area contributed by atoms with E-state index in [0.717, 1.165) is 32.1 Å². The molecular formula is C20H24FNO. The molecule has 1 fully saturated rings. The predicted octanol–water partition coefficient (Wildman–Crippen LogP) is 5.26. The number of nitrogens with zero attached hydrogens (tertiary/aromatic N) is 1. The summed E-state index contributed by atoms with van der Waals surface area (Å²) >= 11 is 0. The van der Waals surface area contributed by atoms with Crippen molar-refractivity contribution in [2.75, 3.05) is 0 Å². The van der Waals surface area contributed by atoms with Crippen LogP contribution in [0, 0.1) is 17.2 Å². The molecule has 1 aromatic rings. The molecule has 0 atom stereocenters. The molecule has 1 saturated carbocycles.